The summed E-state index contributed by atoms with van der Waals surface area (Å²) < 4.78 is 11.0. The quantitative estimate of drug-likeness (QED) is 0.221. The van der Waals surface area contributed by atoms with E-state index < -0.39 is 17.7 Å². The summed E-state index contributed by atoms with van der Waals surface area (Å²) in [7, 11) is 1.60. The second kappa shape index (κ2) is 11.1. The Balaban J connectivity index is 2.18. The summed E-state index contributed by atoms with van der Waals surface area (Å²) in [6.45, 7) is 11.6. The number of benzene rings is 2. The Morgan fingerprint density at radius 1 is 1.09 bits per heavy atom. The van der Waals surface area contributed by atoms with Crippen LogP contribution in [0.1, 0.15) is 68.8 Å². The normalized spacial score (nSPS) is 17.8. The molecule has 1 amide bonds. The number of methoxy groups -OCH3 is 1. The first-order valence-corrected chi connectivity index (χ1v) is 12.2. The Bertz CT molecular complexity index is 1110. The van der Waals surface area contributed by atoms with Gasteiger partial charge in [0, 0.05) is 25.8 Å². The molecule has 6 nitrogen and oxygen atoms in total. The van der Waals surface area contributed by atoms with E-state index >= 15 is 0 Å². The third kappa shape index (κ3) is 5.76. The summed E-state index contributed by atoms with van der Waals surface area (Å²) >= 11 is 0. The lowest BCUT2D eigenvalue weighted by Gasteiger charge is -2.26. The molecule has 188 valence electrons. The molecule has 1 N–H and O–H groups in total. The number of carbonyl (C=O) groups excluding carboxylic acids is 2. The second-order valence-corrected chi connectivity index (χ2v) is 10.0. The van der Waals surface area contributed by atoms with E-state index in [4.69, 9.17) is 9.47 Å². The number of nitrogens with zero attached hydrogens (tertiary/aromatic N) is 1. The van der Waals surface area contributed by atoms with Gasteiger partial charge in [-0.3, -0.25) is 9.59 Å². The highest BCUT2D eigenvalue weighted by Gasteiger charge is 2.46. The Morgan fingerprint density at radius 2 is 1.83 bits per heavy atom. The third-order valence-corrected chi connectivity index (χ3v) is 6.29. The van der Waals surface area contributed by atoms with Crippen LogP contribution in [0.25, 0.3) is 5.76 Å². The number of hydrogen-bond donors (Lipinski definition) is 1. The minimum atomic E-state index is -0.713. The van der Waals surface area contributed by atoms with Gasteiger partial charge in [0.15, 0.2) is 0 Å². The van der Waals surface area contributed by atoms with Crippen molar-refractivity contribution in [3.8, 4) is 5.75 Å². The van der Waals surface area contributed by atoms with Crippen molar-refractivity contribution in [2.75, 3.05) is 26.9 Å². The fourth-order valence-corrected chi connectivity index (χ4v) is 4.32. The van der Waals surface area contributed by atoms with E-state index in [2.05, 4.69) is 20.8 Å². The lowest BCUT2D eigenvalue weighted by atomic mass is 9.84. The highest BCUT2D eigenvalue weighted by Crippen LogP contribution is 2.41. The molecule has 1 unspecified atom stereocenters. The van der Waals surface area contributed by atoms with Crippen molar-refractivity contribution in [1.82, 2.24) is 4.90 Å². The molecular formula is C29H37NO5. The van der Waals surface area contributed by atoms with Crippen molar-refractivity contribution < 1.29 is 24.2 Å². The minimum absolute atomic E-state index is 0.106. The molecule has 3 rings (SSSR count). The van der Waals surface area contributed by atoms with Gasteiger partial charge >= 0.3 is 0 Å². The van der Waals surface area contributed by atoms with Crippen molar-refractivity contribution in [1.29, 1.82) is 0 Å². The summed E-state index contributed by atoms with van der Waals surface area (Å²) in [4.78, 5) is 28.0. The molecule has 0 saturated carbocycles. The second-order valence-electron chi connectivity index (χ2n) is 10.0. The first kappa shape index (κ1) is 26.5. The zero-order chi connectivity index (χ0) is 25.8. The monoisotopic (exact) mass is 479 g/mol. The maximum atomic E-state index is 13.3. The highest BCUT2D eigenvalue weighted by atomic mass is 16.5. The number of aliphatic hydroxyl groups excluding tert-OH is 1. The molecule has 0 bridgehead atoms. The van der Waals surface area contributed by atoms with Crippen LogP contribution in [0.15, 0.2) is 48.0 Å². The molecule has 1 fully saturated rings. The molecule has 0 spiro atoms. The predicted molar refractivity (Wildman–Crippen MR) is 138 cm³/mol. The van der Waals surface area contributed by atoms with Crippen LogP contribution in [-0.4, -0.2) is 48.6 Å². The molecule has 0 aromatic heterocycles. The Labute approximate surface area is 208 Å². The predicted octanol–water partition coefficient (Wildman–Crippen LogP) is 5.54. The number of likely N-dealkylation sites (tertiary alicyclic amines) is 1. The Morgan fingerprint density at radius 3 is 2.49 bits per heavy atom. The van der Waals surface area contributed by atoms with E-state index in [0.29, 0.717) is 37.5 Å². The molecule has 2 aromatic carbocycles. The van der Waals surface area contributed by atoms with Crippen LogP contribution < -0.4 is 4.74 Å². The number of Topliss-reactive ketones (excluding diaryl/α,β-unsaturated/α-hetero) is 1. The van der Waals surface area contributed by atoms with Crippen LogP contribution in [-0.2, 0) is 19.7 Å². The highest BCUT2D eigenvalue weighted by molar-refractivity contribution is 6.46. The molecule has 2 aromatic rings. The lowest BCUT2D eigenvalue weighted by Crippen LogP contribution is -2.31. The number of aliphatic hydroxyl groups is 1. The van der Waals surface area contributed by atoms with Crippen LogP contribution in [0.5, 0.6) is 5.75 Å². The van der Waals surface area contributed by atoms with Crippen LogP contribution in [0, 0.1) is 6.92 Å². The number of carbonyl (C=O) groups is 2. The minimum Gasteiger partial charge on any atom is -0.507 e. The van der Waals surface area contributed by atoms with Crippen molar-refractivity contribution in [2.45, 2.75) is 58.9 Å². The van der Waals surface area contributed by atoms with E-state index in [-0.39, 0.29) is 16.7 Å². The van der Waals surface area contributed by atoms with E-state index in [0.717, 1.165) is 23.1 Å². The summed E-state index contributed by atoms with van der Waals surface area (Å²) in [6, 6.07) is 12.6. The first-order chi connectivity index (χ1) is 16.6. The van der Waals surface area contributed by atoms with Crippen LogP contribution in [0.4, 0.5) is 0 Å². The average Bonchev–Trinajstić information content (AvgIpc) is 3.07. The smallest absolute Gasteiger partial charge is 0.295 e. The Kier molecular flexibility index (Phi) is 8.39. The molecule has 1 aliphatic rings. The third-order valence-electron chi connectivity index (χ3n) is 6.29. The van der Waals surface area contributed by atoms with Gasteiger partial charge < -0.3 is 19.5 Å². The van der Waals surface area contributed by atoms with Gasteiger partial charge in [0.2, 0.25) is 0 Å². The maximum absolute atomic E-state index is 13.3. The zero-order valence-corrected chi connectivity index (χ0v) is 21.7. The molecule has 35 heavy (non-hydrogen) atoms. The van der Waals surface area contributed by atoms with Gasteiger partial charge in [-0.15, -0.1) is 0 Å². The average molecular weight is 480 g/mol. The summed E-state index contributed by atoms with van der Waals surface area (Å²) in [6.07, 6.45) is 1.44. The maximum Gasteiger partial charge on any atom is 0.295 e. The van der Waals surface area contributed by atoms with E-state index in [1.165, 1.54) is 4.90 Å². The molecular weight excluding hydrogens is 442 g/mol. The van der Waals surface area contributed by atoms with E-state index in [1.807, 2.05) is 56.3 Å². The standard InChI is InChI=1S/C29H37NO5/c1-7-15-35-22-11-8-10-20(17-22)25-24(27(32)28(33)30(25)14-9-16-34-6)26(31)23-18-21(29(3,4)5)13-12-19(23)2/h8,10-13,17-18,25,31H,7,9,14-16H2,1-6H3/b26-24+. The van der Waals surface area contributed by atoms with Gasteiger partial charge in [-0.05, 0) is 60.1 Å². The molecule has 1 aliphatic heterocycles. The number of amides is 1. The summed E-state index contributed by atoms with van der Waals surface area (Å²) in [5, 5.41) is 11.5. The molecule has 1 saturated heterocycles. The van der Waals surface area contributed by atoms with Crippen molar-refractivity contribution in [2.24, 2.45) is 0 Å². The molecule has 0 radical (unpaired) electrons. The Hall–Kier alpha value is -3.12. The fraction of sp³-hybridized carbons (Fsp3) is 0.448. The molecule has 1 atom stereocenters. The van der Waals surface area contributed by atoms with Crippen molar-refractivity contribution in [3.63, 3.8) is 0 Å². The van der Waals surface area contributed by atoms with Gasteiger partial charge in [-0.1, -0.05) is 52.0 Å². The van der Waals surface area contributed by atoms with E-state index in [1.54, 1.807) is 7.11 Å². The molecule has 0 aliphatic carbocycles. The largest absolute Gasteiger partial charge is 0.507 e. The molecule has 1 heterocycles. The van der Waals surface area contributed by atoms with Gasteiger partial charge in [0.25, 0.3) is 11.7 Å². The van der Waals surface area contributed by atoms with Crippen molar-refractivity contribution >= 4 is 17.4 Å². The topological polar surface area (TPSA) is 76.1 Å². The number of ketones is 1. The first-order valence-electron chi connectivity index (χ1n) is 12.2. The molecule has 6 heteroatoms. The van der Waals surface area contributed by atoms with Crippen LogP contribution >= 0.6 is 0 Å². The number of hydrogen-bond acceptors (Lipinski definition) is 5. The number of ether oxygens (including phenoxy) is 2. The number of rotatable bonds is 9. The lowest BCUT2D eigenvalue weighted by molar-refractivity contribution is -0.140. The van der Waals surface area contributed by atoms with Crippen LogP contribution in [0.3, 0.4) is 0 Å². The van der Waals surface area contributed by atoms with Gasteiger partial charge in [0.05, 0.1) is 18.2 Å². The van der Waals surface area contributed by atoms with E-state index in [9.17, 15) is 14.7 Å². The summed E-state index contributed by atoms with van der Waals surface area (Å²) in [5.74, 6) is -0.772. The zero-order valence-electron chi connectivity index (χ0n) is 21.7. The fourth-order valence-electron chi connectivity index (χ4n) is 4.32. The number of aryl methyl sites for hydroxylation is 1. The van der Waals surface area contributed by atoms with Gasteiger partial charge in [-0.2, -0.15) is 0 Å². The van der Waals surface area contributed by atoms with Crippen molar-refractivity contribution in [3.05, 3.63) is 70.3 Å². The van der Waals surface area contributed by atoms with Gasteiger partial charge in [0.1, 0.15) is 11.5 Å². The SMILES string of the molecule is CCCOc1cccc(C2/C(=C(\O)c3cc(C(C)(C)C)ccc3C)C(=O)C(=O)N2CCCOC)c1. The van der Waals surface area contributed by atoms with Gasteiger partial charge in [-0.25, -0.2) is 0 Å². The van der Waals surface area contributed by atoms with Crippen LogP contribution in [0.2, 0.25) is 0 Å². The summed E-state index contributed by atoms with van der Waals surface area (Å²) in [5.41, 5.74) is 3.12.